The van der Waals surface area contributed by atoms with Crippen molar-refractivity contribution >= 4 is 17.8 Å². The van der Waals surface area contributed by atoms with Gasteiger partial charge in [-0.1, -0.05) is 35.9 Å². The predicted octanol–water partition coefficient (Wildman–Crippen LogP) is 2.64. The molecule has 0 saturated heterocycles. The molecule has 2 atom stereocenters. The molecule has 0 fully saturated rings. The molecule has 1 aromatic heterocycles. The van der Waals surface area contributed by atoms with Gasteiger partial charge in [-0.05, 0) is 31.5 Å². The van der Waals surface area contributed by atoms with Crippen LogP contribution in [0.2, 0.25) is 0 Å². The Labute approximate surface area is 186 Å². The molecule has 0 bridgehead atoms. The van der Waals surface area contributed by atoms with Crippen molar-refractivity contribution in [2.45, 2.75) is 32.5 Å². The average molecular weight is 434 g/mol. The quantitative estimate of drug-likeness (QED) is 0.655. The lowest BCUT2D eigenvalue weighted by atomic mass is 9.95. The molecule has 4 rings (SSSR count). The maximum atomic E-state index is 13.5. The number of aryl methyl sites for hydroxylation is 1. The zero-order valence-electron chi connectivity index (χ0n) is 18.1. The zero-order chi connectivity index (χ0) is 22.8. The third-order valence-corrected chi connectivity index (χ3v) is 5.84. The third kappa shape index (κ3) is 3.91. The Hall–Kier alpha value is -3.81. The summed E-state index contributed by atoms with van der Waals surface area (Å²) in [7, 11) is 0. The van der Waals surface area contributed by atoms with Crippen molar-refractivity contribution in [1.29, 1.82) is 0 Å². The number of urea groups is 1. The zero-order valence-corrected chi connectivity index (χ0v) is 18.1. The Morgan fingerprint density at radius 3 is 2.72 bits per heavy atom. The van der Waals surface area contributed by atoms with E-state index in [4.69, 9.17) is 4.42 Å². The van der Waals surface area contributed by atoms with Crippen molar-refractivity contribution in [3.8, 4) is 0 Å². The Balaban J connectivity index is 1.60. The number of carbonyl (C=O) groups excluding carboxylic acids is 3. The molecule has 0 saturated carbocycles. The van der Waals surface area contributed by atoms with Crippen LogP contribution in [-0.2, 0) is 16.1 Å². The first-order valence-corrected chi connectivity index (χ1v) is 10.5. The van der Waals surface area contributed by atoms with Crippen molar-refractivity contribution in [2.75, 3.05) is 13.1 Å². The number of hydrogen-bond acceptors (Lipinski definition) is 4. The number of benzene rings is 1. The van der Waals surface area contributed by atoms with Gasteiger partial charge in [-0.3, -0.25) is 14.5 Å². The van der Waals surface area contributed by atoms with E-state index in [2.05, 4.69) is 17.2 Å². The molecule has 3 heterocycles. The third-order valence-electron chi connectivity index (χ3n) is 5.84. The van der Waals surface area contributed by atoms with Gasteiger partial charge >= 0.3 is 6.03 Å². The fraction of sp³-hybridized carbons (Fsp3) is 0.292. The van der Waals surface area contributed by atoms with Gasteiger partial charge in [0.2, 0.25) is 5.91 Å². The molecule has 0 spiro atoms. The van der Waals surface area contributed by atoms with Crippen molar-refractivity contribution in [1.82, 2.24) is 20.4 Å². The molecule has 8 nitrogen and oxygen atoms in total. The van der Waals surface area contributed by atoms with E-state index < -0.39 is 12.1 Å². The fourth-order valence-electron chi connectivity index (χ4n) is 4.03. The van der Waals surface area contributed by atoms with Gasteiger partial charge in [0.05, 0.1) is 36.7 Å². The van der Waals surface area contributed by atoms with Crippen LogP contribution in [0.3, 0.4) is 0 Å². The molecule has 2 aliphatic rings. The van der Waals surface area contributed by atoms with Crippen molar-refractivity contribution in [2.24, 2.45) is 0 Å². The second kappa shape index (κ2) is 8.74. The number of rotatable bonds is 7. The maximum Gasteiger partial charge on any atom is 0.322 e. The summed E-state index contributed by atoms with van der Waals surface area (Å²) in [5, 5.41) is 5.74. The first-order chi connectivity index (χ1) is 15.4. The molecule has 4 amide bonds. The van der Waals surface area contributed by atoms with E-state index in [1.54, 1.807) is 25.1 Å². The summed E-state index contributed by atoms with van der Waals surface area (Å²) < 4.78 is 5.25. The van der Waals surface area contributed by atoms with Crippen LogP contribution in [0.15, 0.2) is 71.0 Å². The Kier molecular flexibility index (Phi) is 5.85. The lowest BCUT2D eigenvalue weighted by molar-refractivity contribution is -0.135. The van der Waals surface area contributed by atoms with E-state index in [9.17, 15) is 14.4 Å². The monoisotopic (exact) mass is 434 g/mol. The van der Waals surface area contributed by atoms with Crippen LogP contribution in [0.1, 0.15) is 29.9 Å². The lowest BCUT2D eigenvalue weighted by Gasteiger charge is -2.33. The summed E-state index contributed by atoms with van der Waals surface area (Å²) in [6.07, 6.45) is 3.15. The van der Waals surface area contributed by atoms with Gasteiger partial charge in [0.25, 0.3) is 5.91 Å². The van der Waals surface area contributed by atoms with Crippen LogP contribution in [0.25, 0.3) is 0 Å². The van der Waals surface area contributed by atoms with Crippen LogP contribution >= 0.6 is 0 Å². The van der Waals surface area contributed by atoms with E-state index >= 15 is 0 Å². The topological polar surface area (TPSA) is 94.9 Å². The van der Waals surface area contributed by atoms with E-state index in [1.165, 1.54) is 16.1 Å². The largest absolute Gasteiger partial charge is 0.467 e. The van der Waals surface area contributed by atoms with Crippen LogP contribution in [-0.4, -0.2) is 46.8 Å². The van der Waals surface area contributed by atoms with Gasteiger partial charge in [-0.2, -0.15) is 0 Å². The molecule has 0 radical (unpaired) electrons. The summed E-state index contributed by atoms with van der Waals surface area (Å²) >= 11 is 0. The minimum atomic E-state index is -0.720. The fourth-order valence-corrected chi connectivity index (χ4v) is 4.03. The van der Waals surface area contributed by atoms with Gasteiger partial charge in [0.15, 0.2) is 0 Å². The van der Waals surface area contributed by atoms with Crippen LogP contribution < -0.4 is 10.6 Å². The van der Waals surface area contributed by atoms with Gasteiger partial charge in [0.1, 0.15) is 11.8 Å². The molecule has 8 heteroatoms. The number of nitrogens with zero attached hydrogens (tertiary/aromatic N) is 2. The predicted molar refractivity (Wildman–Crippen MR) is 118 cm³/mol. The molecule has 166 valence electrons. The Bertz CT molecular complexity index is 1070. The standard InChI is InChI=1S/C24H26N4O4/c1-4-11-27-19-14-28(16(3)22(29)25-13-18-6-5-12-32-18)23(30)20(19)21(26-24(27)31)17-9-7-15(2)8-10-17/h4-10,12,16,21H,1,11,13-14H2,2-3H3,(H,25,29)(H,26,31). The minimum absolute atomic E-state index is 0.174. The minimum Gasteiger partial charge on any atom is -0.467 e. The molecule has 2 aliphatic heterocycles. The van der Waals surface area contributed by atoms with Gasteiger partial charge in [-0.15, -0.1) is 6.58 Å². The van der Waals surface area contributed by atoms with E-state index in [-0.39, 0.29) is 37.5 Å². The summed E-state index contributed by atoms with van der Waals surface area (Å²) in [6, 6.07) is 9.63. The highest BCUT2D eigenvalue weighted by molar-refractivity contribution is 6.03. The second-order valence-corrected chi connectivity index (χ2v) is 7.96. The Morgan fingerprint density at radius 2 is 2.06 bits per heavy atom. The normalized spacial score (nSPS) is 19.0. The first-order valence-electron chi connectivity index (χ1n) is 10.5. The number of amides is 4. The van der Waals surface area contributed by atoms with E-state index in [0.29, 0.717) is 17.0 Å². The second-order valence-electron chi connectivity index (χ2n) is 7.96. The number of furan rings is 1. The van der Waals surface area contributed by atoms with Crippen LogP contribution in [0.5, 0.6) is 0 Å². The summed E-state index contributed by atoms with van der Waals surface area (Å²) in [5.41, 5.74) is 3.00. The molecule has 32 heavy (non-hydrogen) atoms. The SMILES string of the molecule is C=CCN1C(=O)NC(c2ccc(C)cc2)C2=C1CN(C(C)C(=O)NCc1ccco1)C2=O. The lowest BCUT2D eigenvalue weighted by Crippen LogP contribution is -2.47. The number of hydrogen-bond donors (Lipinski definition) is 2. The highest BCUT2D eigenvalue weighted by atomic mass is 16.3. The van der Waals surface area contributed by atoms with Crippen molar-refractivity contribution < 1.29 is 18.8 Å². The van der Waals surface area contributed by atoms with Crippen molar-refractivity contribution in [3.05, 3.63) is 83.5 Å². The first kappa shape index (κ1) is 21.4. The summed E-state index contributed by atoms with van der Waals surface area (Å²) in [6.45, 7) is 8.06. The molecule has 2 aromatic rings. The Morgan fingerprint density at radius 1 is 1.31 bits per heavy atom. The smallest absolute Gasteiger partial charge is 0.322 e. The molecule has 0 aliphatic carbocycles. The van der Waals surface area contributed by atoms with Crippen molar-refractivity contribution in [3.63, 3.8) is 0 Å². The summed E-state index contributed by atoms with van der Waals surface area (Å²) in [4.78, 5) is 42.1. The highest BCUT2D eigenvalue weighted by Crippen LogP contribution is 2.37. The average Bonchev–Trinajstić information content (AvgIpc) is 3.42. The van der Waals surface area contributed by atoms with Crippen LogP contribution in [0, 0.1) is 6.92 Å². The number of carbonyl (C=O) groups is 3. The van der Waals surface area contributed by atoms with Gasteiger partial charge < -0.3 is 20.0 Å². The molecular formula is C24H26N4O4. The molecule has 2 unspecified atom stereocenters. The van der Waals surface area contributed by atoms with Gasteiger partial charge in [0, 0.05) is 6.54 Å². The van der Waals surface area contributed by atoms with Crippen LogP contribution in [0.4, 0.5) is 4.79 Å². The molecular weight excluding hydrogens is 408 g/mol. The summed E-state index contributed by atoms with van der Waals surface area (Å²) in [5.74, 6) is 0.0680. The molecule has 2 N–H and O–H groups in total. The number of nitrogens with one attached hydrogen (secondary N) is 2. The maximum absolute atomic E-state index is 13.5. The highest BCUT2D eigenvalue weighted by Gasteiger charge is 2.45. The molecule has 1 aromatic carbocycles. The van der Waals surface area contributed by atoms with Gasteiger partial charge in [-0.25, -0.2) is 4.79 Å². The van der Waals surface area contributed by atoms with E-state index in [0.717, 1.165) is 11.1 Å². The van der Waals surface area contributed by atoms with E-state index in [1.807, 2.05) is 31.2 Å².